The number of nitrogens with one attached hydrogen (secondary N) is 3. The third-order valence-electron chi connectivity index (χ3n) is 2.46. The molecule has 0 aliphatic heterocycles. The van der Waals surface area contributed by atoms with Crippen molar-refractivity contribution in [2.75, 3.05) is 13.6 Å². The minimum Gasteiger partial charge on any atom is -0.358 e. The first-order chi connectivity index (χ1) is 8.20. The Morgan fingerprint density at radius 1 is 1.29 bits per heavy atom. The van der Waals surface area contributed by atoms with Gasteiger partial charge in [0.1, 0.15) is 5.69 Å². The quantitative estimate of drug-likeness (QED) is 0.725. The maximum absolute atomic E-state index is 11.7. The topological polar surface area (TPSA) is 74.0 Å². The van der Waals surface area contributed by atoms with Crippen LogP contribution in [0.2, 0.25) is 0 Å². The number of carbonyl (C=O) groups is 2. The normalized spacial score (nSPS) is 10.2. The van der Waals surface area contributed by atoms with Gasteiger partial charge in [0.05, 0.1) is 6.54 Å². The van der Waals surface area contributed by atoms with Crippen molar-refractivity contribution < 1.29 is 9.59 Å². The monoisotopic (exact) mass is 231 g/mol. The largest absolute Gasteiger partial charge is 0.358 e. The molecule has 0 unspecified atom stereocenters. The number of aromatic amines is 1. The summed E-state index contributed by atoms with van der Waals surface area (Å²) in [5, 5.41) is 5.93. The molecule has 17 heavy (non-hydrogen) atoms. The molecule has 0 atom stereocenters. The molecule has 88 valence electrons. The first-order valence-electron chi connectivity index (χ1n) is 5.27. The molecule has 5 nitrogen and oxygen atoms in total. The lowest BCUT2D eigenvalue weighted by Crippen LogP contribution is -2.35. The molecule has 0 saturated heterocycles. The number of para-hydroxylation sites is 1. The van der Waals surface area contributed by atoms with Crippen molar-refractivity contribution in [1.29, 1.82) is 0 Å². The lowest BCUT2D eigenvalue weighted by molar-refractivity contribution is -0.119. The number of hydrogen-bond donors (Lipinski definition) is 3. The van der Waals surface area contributed by atoms with Crippen molar-refractivity contribution in [1.82, 2.24) is 15.6 Å². The van der Waals surface area contributed by atoms with Gasteiger partial charge < -0.3 is 15.6 Å². The molecule has 0 spiro atoms. The molecular weight excluding hydrogens is 218 g/mol. The number of carbonyl (C=O) groups excluding carboxylic acids is 2. The highest BCUT2D eigenvalue weighted by molar-refractivity contribution is 5.99. The van der Waals surface area contributed by atoms with E-state index >= 15 is 0 Å². The Kier molecular flexibility index (Phi) is 3.09. The van der Waals surface area contributed by atoms with Gasteiger partial charge in [0, 0.05) is 18.0 Å². The number of amides is 2. The molecule has 2 amide bonds. The predicted molar refractivity (Wildman–Crippen MR) is 64.7 cm³/mol. The predicted octanol–water partition coefficient (Wildman–Crippen LogP) is 0.644. The first kappa shape index (κ1) is 11.2. The zero-order valence-electron chi connectivity index (χ0n) is 9.41. The molecule has 0 radical (unpaired) electrons. The summed E-state index contributed by atoms with van der Waals surface area (Å²) in [6, 6.07) is 9.37. The third kappa shape index (κ3) is 2.44. The SMILES string of the molecule is CNC(=O)CNC(=O)c1cc2ccccc2[nH]1. The number of rotatable bonds is 3. The van der Waals surface area contributed by atoms with Gasteiger partial charge in [0.15, 0.2) is 0 Å². The fourth-order valence-electron chi connectivity index (χ4n) is 1.54. The Balaban J connectivity index is 2.11. The molecule has 0 aliphatic carbocycles. The molecule has 0 fully saturated rings. The van der Waals surface area contributed by atoms with E-state index in [-0.39, 0.29) is 18.4 Å². The molecule has 2 rings (SSSR count). The Labute approximate surface area is 98.2 Å². The van der Waals surface area contributed by atoms with Crippen LogP contribution in [0.5, 0.6) is 0 Å². The van der Waals surface area contributed by atoms with Gasteiger partial charge in [0.25, 0.3) is 5.91 Å². The smallest absolute Gasteiger partial charge is 0.268 e. The summed E-state index contributed by atoms with van der Waals surface area (Å²) < 4.78 is 0. The van der Waals surface area contributed by atoms with E-state index in [0.29, 0.717) is 5.69 Å². The third-order valence-corrected chi connectivity index (χ3v) is 2.46. The van der Waals surface area contributed by atoms with Gasteiger partial charge >= 0.3 is 0 Å². The molecule has 3 N–H and O–H groups in total. The van der Waals surface area contributed by atoms with Crippen molar-refractivity contribution in [3.8, 4) is 0 Å². The van der Waals surface area contributed by atoms with Crippen LogP contribution in [-0.2, 0) is 4.79 Å². The molecule has 2 aromatic rings. The van der Waals surface area contributed by atoms with Gasteiger partial charge in [0.2, 0.25) is 5.91 Å². The van der Waals surface area contributed by atoms with Crippen molar-refractivity contribution in [2.24, 2.45) is 0 Å². The van der Waals surface area contributed by atoms with Crippen LogP contribution in [0.25, 0.3) is 10.9 Å². The van der Waals surface area contributed by atoms with Gasteiger partial charge in [-0.3, -0.25) is 9.59 Å². The highest BCUT2D eigenvalue weighted by atomic mass is 16.2. The highest BCUT2D eigenvalue weighted by Crippen LogP contribution is 2.14. The number of benzene rings is 1. The van der Waals surface area contributed by atoms with Crippen molar-refractivity contribution >= 4 is 22.7 Å². The molecule has 1 aromatic carbocycles. The molecular formula is C12H13N3O2. The maximum Gasteiger partial charge on any atom is 0.268 e. The van der Waals surface area contributed by atoms with Crippen LogP contribution < -0.4 is 10.6 Å². The Morgan fingerprint density at radius 2 is 2.06 bits per heavy atom. The Bertz CT molecular complexity index is 527. The van der Waals surface area contributed by atoms with Gasteiger partial charge in [-0.2, -0.15) is 0 Å². The van der Waals surface area contributed by atoms with Gasteiger partial charge in [-0.15, -0.1) is 0 Å². The van der Waals surface area contributed by atoms with E-state index in [0.717, 1.165) is 10.9 Å². The number of aromatic nitrogens is 1. The van der Waals surface area contributed by atoms with Crippen LogP contribution in [-0.4, -0.2) is 30.4 Å². The summed E-state index contributed by atoms with van der Waals surface area (Å²) in [5.74, 6) is -0.515. The minimum absolute atomic E-state index is 0.0231. The van der Waals surface area contributed by atoms with Crippen LogP contribution in [0.3, 0.4) is 0 Å². The van der Waals surface area contributed by atoms with Crippen LogP contribution in [0.15, 0.2) is 30.3 Å². The first-order valence-corrected chi connectivity index (χ1v) is 5.27. The average molecular weight is 231 g/mol. The van der Waals surface area contributed by atoms with Crippen LogP contribution in [0.1, 0.15) is 10.5 Å². The van der Waals surface area contributed by atoms with E-state index in [9.17, 15) is 9.59 Å². The standard InChI is InChI=1S/C12H13N3O2/c1-13-11(16)7-14-12(17)10-6-8-4-2-3-5-9(8)15-10/h2-6,15H,7H2,1H3,(H,13,16)(H,14,17). The second kappa shape index (κ2) is 4.69. The van der Waals surface area contributed by atoms with Crippen molar-refractivity contribution in [3.63, 3.8) is 0 Å². The van der Waals surface area contributed by atoms with E-state index in [4.69, 9.17) is 0 Å². The number of fused-ring (bicyclic) bond motifs is 1. The van der Waals surface area contributed by atoms with Crippen molar-refractivity contribution in [3.05, 3.63) is 36.0 Å². The highest BCUT2D eigenvalue weighted by Gasteiger charge is 2.09. The maximum atomic E-state index is 11.7. The molecule has 0 aliphatic rings. The lowest BCUT2D eigenvalue weighted by Gasteiger charge is -2.01. The second-order valence-corrected chi connectivity index (χ2v) is 3.63. The van der Waals surface area contributed by atoms with Gasteiger partial charge in [-0.1, -0.05) is 18.2 Å². The molecule has 5 heteroatoms. The van der Waals surface area contributed by atoms with E-state index in [1.54, 1.807) is 6.07 Å². The van der Waals surface area contributed by atoms with Crippen molar-refractivity contribution in [2.45, 2.75) is 0 Å². The van der Waals surface area contributed by atoms with E-state index in [1.807, 2.05) is 24.3 Å². The van der Waals surface area contributed by atoms with Crippen LogP contribution >= 0.6 is 0 Å². The van der Waals surface area contributed by atoms with Gasteiger partial charge in [-0.05, 0) is 12.1 Å². The van der Waals surface area contributed by atoms with Gasteiger partial charge in [-0.25, -0.2) is 0 Å². The zero-order valence-corrected chi connectivity index (χ0v) is 9.41. The summed E-state index contributed by atoms with van der Waals surface area (Å²) in [6.45, 7) is -0.0231. The lowest BCUT2D eigenvalue weighted by atomic mass is 10.2. The summed E-state index contributed by atoms with van der Waals surface area (Å²) >= 11 is 0. The number of likely N-dealkylation sites (N-methyl/N-ethyl adjacent to an activating group) is 1. The summed E-state index contributed by atoms with van der Waals surface area (Å²) in [4.78, 5) is 25.7. The van der Waals surface area contributed by atoms with E-state index in [1.165, 1.54) is 7.05 Å². The molecule has 0 bridgehead atoms. The molecule has 1 heterocycles. The van der Waals surface area contributed by atoms with Crippen LogP contribution in [0, 0.1) is 0 Å². The number of H-pyrrole nitrogens is 1. The number of hydrogen-bond acceptors (Lipinski definition) is 2. The second-order valence-electron chi connectivity index (χ2n) is 3.63. The fraction of sp³-hybridized carbons (Fsp3) is 0.167. The molecule has 1 aromatic heterocycles. The zero-order chi connectivity index (χ0) is 12.3. The summed E-state index contributed by atoms with van der Waals surface area (Å²) in [6.07, 6.45) is 0. The molecule has 0 saturated carbocycles. The Morgan fingerprint density at radius 3 is 2.76 bits per heavy atom. The van der Waals surface area contributed by atoms with E-state index < -0.39 is 0 Å². The summed E-state index contributed by atoms with van der Waals surface area (Å²) in [7, 11) is 1.53. The minimum atomic E-state index is -0.287. The average Bonchev–Trinajstić information content (AvgIpc) is 2.79. The summed E-state index contributed by atoms with van der Waals surface area (Å²) in [5.41, 5.74) is 1.35. The van der Waals surface area contributed by atoms with E-state index in [2.05, 4.69) is 15.6 Å². The van der Waals surface area contributed by atoms with Crippen LogP contribution in [0.4, 0.5) is 0 Å². The fourth-order valence-corrected chi connectivity index (χ4v) is 1.54. The Hall–Kier alpha value is -2.30.